The number of hydrogen-bond acceptors (Lipinski definition) is 3. The van der Waals surface area contributed by atoms with Gasteiger partial charge in [-0.05, 0) is 44.1 Å². The van der Waals surface area contributed by atoms with Gasteiger partial charge in [-0.25, -0.2) is 0 Å². The van der Waals surface area contributed by atoms with E-state index in [4.69, 9.17) is 0 Å². The van der Waals surface area contributed by atoms with Crippen molar-refractivity contribution in [2.75, 3.05) is 6.54 Å². The Kier molecular flexibility index (Phi) is 4.61. The molecule has 1 aliphatic heterocycles. The van der Waals surface area contributed by atoms with Crippen LogP contribution in [-0.2, 0) is 9.59 Å². The van der Waals surface area contributed by atoms with Crippen LogP contribution in [0.15, 0.2) is 0 Å². The van der Waals surface area contributed by atoms with Gasteiger partial charge in [-0.2, -0.15) is 0 Å². The van der Waals surface area contributed by atoms with Crippen LogP contribution in [0.2, 0.25) is 0 Å². The fraction of sp³-hybridized carbons (Fsp3) is 0.867. The number of nitrogens with zero attached hydrogens (tertiary/aromatic N) is 1. The third kappa shape index (κ3) is 3.16. The Balaban J connectivity index is 1.89. The zero-order valence-corrected chi connectivity index (χ0v) is 12.3. The molecule has 0 radical (unpaired) electrons. The van der Waals surface area contributed by atoms with Crippen molar-refractivity contribution in [3.8, 4) is 0 Å². The molecule has 0 aromatic carbocycles. The highest BCUT2D eigenvalue weighted by Crippen LogP contribution is 2.36. The second kappa shape index (κ2) is 6.04. The second-order valence-electron chi connectivity index (χ2n) is 6.05. The quantitative estimate of drug-likeness (QED) is 0.716. The lowest BCUT2D eigenvalue weighted by molar-refractivity contribution is -0.141. The molecule has 1 saturated heterocycles. The van der Waals surface area contributed by atoms with E-state index < -0.39 is 0 Å². The monoisotopic (exact) mass is 266 g/mol. The van der Waals surface area contributed by atoms with E-state index in [-0.39, 0.29) is 23.9 Å². The van der Waals surface area contributed by atoms with Crippen molar-refractivity contribution in [1.29, 1.82) is 0 Å². The highest BCUT2D eigenvalue weighted by molar-refractivity contribution is 6.05. The fourth-order valence-electron chi connectivity index (χ4n) is 3.01. The lowest BCUT2D eigenvalue weighted by atomic mass is 10.1. The molecule has 2 unspecified atom stereocenters. The van der Waals surface area contributed by atoms with Gasteiger partial charge in [-0.1, -0.05) is 20.8 Å². The Morgan fingerprint density at radius 3 is 2.42 bits per heavy atom. The Labute approximate surface area is 115 Å². The molecule has 2 aliphatic rings. The molecule has 1 aliphatic carbocycles. The van der Waals surface area contributed by atoms with E-state index in [0.717, 1.165) is 25.3 Å². The molecule has 1 heterocycles. The second-order valence-corrected chi connectivity index (χ2v) is 6.05. The molecule has 1 saturated carbocycles. The largest absolute Gasteiger partial charge is 0.305 e. The van der Waals surface area contributed by atoms with Crippen molar-refractivity contribution in [1.82, 2.24) is 10.2 Å². The molecule has 2 fully saturated rings. The summed E-state index contributed by atoms with van der Waals surface area (Å²) >= 11 is 0. The topological polar surface area (TPSA) is 49.4 Å². The summed E-state index contributed by atoms with van der Waals surface area (Å²) in [6.07, 6.45) is 4.67. The SMILES string of the molecule is CCC(CC)N1C(=O)CC(NCC(C)C2CC2)C1=O. The maximum Gasteiger partial charge on any atom is 0.247 e. The minimum absolute atomic E-state index is 0.00437. The van der Waals surface area contributed by atoms with Crippen LogP contribution in [-0.4, -0.2) is 35.3 Å². The summed E-state index contributed by atoms with van der Waals surface area (Å²) in [5.41, 5.74) is 0. The van der Waals surface area contributed by atoms with Crippen molar-refractivity contribution in [3.05, 3.63) is 0 Å². The maximum absolute atomic E-state index is 12.3. The Bertz CT molecular complexity index is 348. The number of rotatable bonds is 7. The van der Waals surface area contributed by atoms with Crippen LogP contribution in [0, 0.1) is 11.8 Å². The summed E-state index contributed by atoms with van der Waals surface area (Å²) in [6.45, 7) is 7.14. The zero-order chi connectivity index (χ0) is 14.0. The van der Waals surface area contributed by atoms with Crippen LogP contribution < -0.4 is 5.32 Å². The van der Waals surface area contributed by atoms with Crippen LogP contribution in [0.5, 0.6) is 0 Å². The normalized spacial score (nSPS) is 25.5. The number of likely N-dealkylation sites (tertiary alicyclic amines) is 1. The van der Waals surface area contributed by atoms with Crippen LogP contribution in [0.25, 0.3) is 0 Å². The van der Waals surface area contributed by atoms with E-state index >= 15 is 0 Å². The van der Waals surface area contributed by atoms with Gasteiger partial charge in [0.25, 0.3) is 0 Å². The van der Waals surface area contributed by atoms with E-state index in [9.17, 15) is 9.59 Å². The first-order chi connectivity index (χ1) is 9.08. The van der Waals surface area contributed by atoms with E-state index in [2.05, 4.69) is 12.2 Å². The van der Waals surface area contributed by atoms with E-state index in [0.29, 0.717) is 12.3 Å². The predicted octanol–water partition coefficient (Wildman–Crippen LogP) is 1.94. The number of hydrogen-bond donors (Lipinski definition) is 1. The number of carbonyl (C=O) groups excluding carboxylic acids is 2. The first-order valence-corrected chi connectivity index (χ1v) is 7.67. The first-order valence-electron chi connectivity index (χ1n) is 7.67. The molecular weight excluding hydrogens is 240 g/mol. The van der Waals surface area contributed by atoms with Gasteiger partial charge in [0.2, 0.25) is 11.8 Å². The van der Waals surface area contributed by atoms with E-state index in [1.807, 2.05) is 13.8 Å². The molecule has 2 atom stereocenters. The van der Waals surface area contributed by atoms with E-state index in [1.54, 1.807) is 0 Å². The summed E-state index contributed by atoms with van der Waals surface area (Å²) in [6, 6.07) is -0.207. The number of amides is 2. The molecule has 4 nitrogen and oxygen atoms in total. The molecule has 2 rings (SSSR count). The minimum Gasteiger partial charge on any atom is -0.305 e. The van der Waals surface area contributed by atoms with Gasteiger partial charge in [0.05, 0.1) is 12.5 Å². The van der Waals surface area contributed by atoms with Gasteiger partial charge < -0.3 is 5.32 Å². The molecule has 0 aromatic heterocycles. The van der Waals surface area contributed by atoms with Gasteiger partial charge >= 0.3 is 0 Å². The van der Waals surface area contributed by atoms with E-state index in [1.165, 1.54) is 17.7 Å². The summed E-state index contributed by atoms with van der Waals surface area (Å²) < 4.78 is 0. The van der Waals surface area contributed by atoms with Crippen LogP contribution in [0.1, 0.15) is 52.9 Å². The summed E-state index contributed by atoms with van der Waals surface area (Å²) in [7, 11) is 0. The van der Waals surface area contributed by atoms with Crippen molar-refractivity contribution in [3.63, 3.8) is 0 Å². The van der Waals surface area contributed by atoms with Gasteiger partial charge in [0, 0.05) is 6.04 Å². The van der Waals surface area contributed by atoms with Gasteiger partial charge in [-0.15, -0.1) is 0 Å². The molecule has 0 spiro atoms. The standard InChI is InChI=1S/C15H26N2O2/c1-4-12(5-2)17-14(18)8-13(15(17)19)16-9-10(3)11-6-7-11/h10-13,16H,4-9H2,1-3H3. The van der Waals surface area contributed by atoms with Crippen molar-refractivity contribution >= 4 is 11.8 Å². The van der Waals surface area contributed by atoms with Gasteiger partial charge in [0.1, 0.15) is 0 Å². The molecule has 0 bridgehead atoms. The molecule has 19 heavy (non-hydrogen) atoms. The lowest BCUT2D eigenvalue weighted by Gasteiger charge is -2.24. The molecule has 2 amide bonds. The summed E-state index contributed by atoms with van der Waals surface area (Å²) in [5.74, 6) is 1.43. The highest BCUT2D eigenvalue weighted by atomic mass is 16.2. The molecular formula is C15H26N2O2. The van der Waals surface area contributed by atoms with Crippen molar-refractivity contribution in [2.24, 2.45) is 11.8 Å². The Morgan fingerprint density at radius 1 is 1.26 bits per heavy atom. The van der Waals surface area contributed by atoms with Crippen LogP contribution in [0.4, 0.5) is 0 Å². The zero-order valence-electron chi connectivity index (χ0n) is 12.3. The Morgan fingerprint density at radius 2 is 1.89 bits per heavy atom. The van der Waals surface area contributed by atoms with Crippen molar-refractivity contribution in [2.45, 2.75) is 65.0 Å². The Hall–Kier alpha value is -0.900. The van der Waals surface area contributed by atoms with Crippen molar-refractivity contribution < 1.29 is 9.59 Å². The summed E-state index contributed by atoms with van der Waals surface area (Å²) in [5, 5.41) is 3.30. The third-order valence-electron chi connectivity index (χ3n) is 4.60. The maximum atomic E-state index is 12.3. The van der Waals surface area contributed by atoms with Crippen LogP contribution in [0.3, 0.4) is 0 Å². The molecule has 1 N–H and O–H groups in total. The highest BCUT2D eigenvalue weighted by Gasteiger charge is 2.41. The smallest absolute Gasteiger partial charge is 0.247 e. The number of carbonyl (C=O) groups is 2. The van der Waals surface area contributed by atoms with Gasteiger partial charge in [-0.3, -0.25) is 14.5 Å². The van der Waals surface area contributed by atoms with Gasteiger partial charge in [0.15, 0.2) is 0 Å². The lowest BCUT2D eigenvalue weighted by Crippen LogP contribution is -2.44. The average molecular weight is 266 g/mol. The molecule has 0 aromatic rings. The van der Waals surface area contributed by atoms with Crippen LogP contribution >= 0.6 is 0 Å². The third-order valence-corrected chi connectivity index (χ3v) is 4.60. The molecule has 108 valence electrons. The minimum atomic E-state index is -0.283. The average Bonchev–Trinajstić information content (AvgIpc) is 3.19. The fourth-order valence-corrected chi connectivity index (χ4v) is 3.01. The number of nitrogens with one attached hydrogen (secondary N) is 1. The summed E-state index contributed by atoms with van der Waals surface area (Å²) in [4.78, 5) is 25.8. The molecule has 4 heteroatoms. The first kappa shape index (κ1) is 14.5. The number of imide groups is 1. The predicted molar refractivity (Wildman–Crippen MR) is 74.5 cm³/mol.